The second kappa shape index (κ2) is 6.23. The van der Waals surface area contributed by atoms with Crippen molar-refractivity contribution in [3.8, 4) is 0 Å². The van der Waals surface area contributed by atoms with E-state index in [1.807, 2.05) is 0 Å². The third kappa shape index (κ3) is 4.51. The molecule has 98 valence electrons. The fourth-order valence-electron chi connectivity index (χ4n) is 1.12. The molecule has 1 aromatic rings. The number of carboxylic acids is 1. The SMILES string of the molecule is NC(=O)CNC(=O)NCCn1cnc(C(=O)O)c1. The van der Waals surface area contributed by atoms with Crippen LogP contribution in [0, 0.1) is 0 Å². The van der Waals surface area contributed by atoms with Crippen molar-refractivity contribution in [3.05, 3.63) is 18.2 Å². The van der Waals surface area contributed by atoms with Crippen LogP contribution in [0.15, 0.2) is 12.5 Å². The number of carbonyl (C=O) groups excluding carboxylic acids is 2. The van der Waals surface area contributed by atoms with E-state index in [-0.39, 0.29) is 18.8 Å². The number of carbonyl (C=O) groups is 3. The Kier molecular flexibility index (Phi) is 4.67. The molecule has 0 aliphatic carbocycles. The van der Waals surface area contributed by atoms with Gasteiger partial charge in [-0.3, -0.25) is 4.79 Å². The highest BCUT2D eigenvalue weighted by Crippen LogP contribution is 1.95. The van der Waals surface area contributed by atoms with Gasteiger partial charge in [0.1, 0.15) is 0 Å². The minimum absolute atomic E-state index is 0.0619. The molecule has 1 heterocycles. The Morgan fingerprint density at radius 2 is 2.11 bits per heavy atom. The van der Waals surface area contributed by atoms with Crippen LogP contribution in [-0.4, -0.2) is 45.7 Å². The van der Waals surface area contributed by atoms with Gasteiger partial charge in [0.15, 0.2) is 5.69 Å². The lowest BCUT2D eigenvalue weighted by Gasteiger charge is -2.06. The van der Waals surface area contributed by atoms with Gasteiger partial charge in [0.2, 0.25) is 5.91 Å². The average molecular weight is 255 g/mol. The molecule has 0 unspecified atom stereocenters. The molecule has 0 aliphatic heterocycles. The molecule has 0 spiro atoms. The van der Waals surface area contributed by atoms with Crippen LogP contribution >= 0.6 is 0 Å². The van der Waals surface area contributed by atoms with Crippen LogP contribution in [0.5, 0.6) is 0 Å². The zero-order valence-corrected chi connectivity index (χ0v) is 9.42. The Hall–Kier alpha value is -2.58. The van der Waals surface area contributed by atoms with Gasteiger partial charge in [0.25, 0.3) is 0 Å². The quantitative estimate of drug-likeness (QED) is 0.483. The number of primary amides is 1. The van der Waals surface area contributed by atoms with Gasteiger partial charge in [0.05, 0.1) is 12.9 Å². The molecule has 0 aromatic carbocycles. The highest BCUT2D eigenvalue weighted by atomic mass is 16.4. The predicted molar refractivity (Wildman–Crippen MR) is 59.8 cm³/mol. The van der Waals surface area contributed by atoms with Crippen LogP contribution in [0.2, 0.25) is 0 Å². The number of aromatic carboxylic acids is 1. The lowest BCUT2D eigenvalue weighted by Crippen LogP contribution is -2.41. The molecule has 0 bridgehead atoms. The summed E-state index contributed by atoms with van der Waals surface area (Å²) in [5, 5.41) is 13.4. The van der Waals surface area contributed by atoms with E-state index in [2.05, 4.69) is 15.6 Å². The number of amides is 3. The van der Waals surface area contributed by atoms with Gasteiger partial charge in [-0.25, -0.2) is 14.6 Å². The van der Waals surface area contributed by atoms with Gasteiger partial charge in [-0.2, -0.15) is 0 Å². The van der Waals surface area contributed by atoms with Gasteiger partial charge in [-0.15, -0.1) is 0 Å². The Balaban J connectivity index is 2.26. The number of hydrogen-bond donors (Lipinski definition) is 4. The summed E-state index contributed by atoms with van der Waals surface area (Å²) in [6.07, 6.45) is 2.71. The maximum atomic E-state index is 11.1. The summed E-state index contributed by atoms with van der Waals surface area (Å²) in [4.78, 5) is 35.7. The lowest BCUT2D eigenvalue weighted by atomic mass is 10.5. The van der Waals surface area contributed by atoms with Crippen molar-refractivity contribution < 1.29 is 19.5 Å². The molecule has 0 aliphatic rings. The number of urea groups is 1. The third-order valence-corrected chi connectivity index (χ3v) is 1.93. The number of imidazole rings is 1. The fraction of sp³-hybridized carbons (Fsp3) is 0.333. The van der Waals surface area contributed by atoms with Crippen LogP contribution in [-0.2, 0) is 11.3 Å². The molecule has 0 saturated heterocycles. The second-order valence-corrected chi connectivity index (χ2v) is 3.38. The molecule has 5 N–H and O–H groups in total. The Morgan fingerprint density at radius 3 is 2.67 bits per heavy atom. The van der Waals surface area contributed by atoms with Crippen molar-refractivity contribution in [2.24, 2.45) is 5.73 Å². The van der Waals surface area contributed by atoms with Gasteiger partial charge in [-0.1, -0.05) is 0 Å². The average Bonchev–Trinajstić information content (AvgIpc) is 2.75. The van der Waals surface area contributed by atoms with Gasteiger partial charge in [0, 0.05) is 19.3 Å². The lowest BCUT2D eigenvalue weighted by molar-refractivity contribution is -0.117. The van der Waals surface area contributed by atoms with E-state index >= 15 is 0 Å². The van der Waals surface area contributed by atoms with Crippen molar-refractivity contribution >= 4 is 17.9 Å². The first-order valence-electron chi connectivity index (χ1n) is 5.04. The number of hydrogen-bond acceptors (Lipinski definition) is 4. The molecular weight excluding hydrogens is 242 g/mol. The number of nitrogens with one attached hydrogen (secondary N) is 2. The highest BCUT2D eigenvalue weighted by molar-refractivity contribution is 5.85. The first-order chi connectivity index (χ1) is 8.49. The van der Waals surface area contributed by atoms with Gasteiger partial charge in [-0.05, 0) is 0 Å². The van der Waals surface area contributed by atoms with Crippen LogP contribution < -0.4 is 16.4 Å². The molecule has 0 saturated carbocycles. The van der Waals surface area contributed by atoms with Crippen molar-refractivity contribution in [1.82, 2.24) is 20.2 Å². The van der Waals surface area contributed by atoms with Gasteiger partial charge < -0.3 is 26.0 Å². The summed E-state index contributed by atoms with van der Waals surface area (Å²) in [5.41, 5.74) is 4.78. The molecule has 0 fully saturated rings. The number of aromatic nitrogens is 2. The summed E-state index contributed by atoms with van der Waals surface area (Å²) >= 11 is 0. The maximum Gasteiger partial charge on any atom is 0.356 e. The van der Waals surface area contributed by atoms with E-state index in [0.717, 1.165) is 0 Å². The number of rotatable bonds is 6. The number of nitrogens with zero attached hydrogens (tertiary/aromatic N) is 2. The van der Waals surface area contributed by atoms with E-state index in [0.29, 0.717) is 6.54 Å². The zero-order valence-electron chi connectivity index (χ0n) is 9.42. The van der Waals surface area contributed by atoms with E-state index in [4.69, 9.17) is 10.8 Å². The number of nitrogens with two attached hydrogens (primary N) is 1. The predicted octanol–water partition coefficient (Wildman–Crippen LogP) is -1.63. The molecule has 0 radical (unpaired) electrons. The maximum absolute atomic E-state index is 11.1. The van der Waals surface area contributed by atoms with E-state index < -0.39 is 17.9 Å². The Bertz CT molecular complexity index is 456. The standard InChI is InChI=1S/C9H13N5O4/c10-7(15)3-12-9(18)11-1-2-14-4-6(8(16)17)13-5-14/h4-5H,1-3H2,(H2,10,15)(H,16,17)(H2,11,12,18). The molecule has 1 rings (SSSR count). The third-order valence-electron chi connectivity index (χ3n) is 1.93. The minimum atomic E-state index is -1.11. The molecular formula is C9H13N5O4. The van der Waals surface area contributed by atoms with Crippen molar-refractivity contribution in [3.63, 3.8) is 0 Å². The van der Waals surface area contributed by atoms with E-state index in [9.17, 15) is 14.4 Å². The zero-order chi connectivity index (χ0) is 13.5. The Morgan fingerprint density at radius 1 is 1.39 bits per heavy atom. The van der Waals surface area contributed by atoms with Crippen LogP contribution in [0.1, 0.15) is 10.5 Å². The van der Waals surface area contributed by atoms with Crippen LogP contribution in [0.25, 0.3) is 0 Å². The Labute approximate surface area is 102 Å². The van der Waals surface area contributed by atoms with E-state index in [1.165, 1.54) is 17.1 Å². The second-order valence-electron chi connectivity index (χ2n) is 3.38. The first-order valence-corrected chi connectivity index (χ1v) is 5.04. The van der Waals surface area contributed by atoms with Gasteiger partial charge >= 0.3 is 12.0 Å². The molecule has 9 nitrogen and oxygen atoms in total. The summed E-state index contributed by atoms with van der Waals surface area (Å²) in [7, 11) is 0. The summed E-state index contributed by atoms with van der Waals surface area (Å²) < 4.78 is 1.53. The summed E-state index contributed by atoms with van der Waals surface area (Å²) in [6.45, 7) is 0.393. The topological polar surface area (TPSA) is 139 Å². The van der Waals surface area contributed by atoms with Crippen molar-refractivity contribution in [2.75, 3.05) is 13.1 Å². The molecule has 1 aromatic heterocycles. The first kappa shape index (κ1) is 13.5. The van der Waals surface area contributed by atoms with Crippen molar-refractivity contribution in [2.45, 2.75) is 6.54 Å². The van der Waals surface area contributed by atoms with Crippen LogP contribution in [0.4, 0.5) is 4.79 Å². The number of carboxylic acid groups (broad SMARTS) is 1. The minimum Gasteiger partial charge on any atom is -0.476 e. The summed E-state index contributed by atoms with van der Waals surface area (Å²) in [6, 6.07) is -0.521. The van der Waals surface area contributed by atoms with Crippen molar-refractivity contribution in [1.29, 1.82) is 0 Å². The molecule has 3 amide bonds. The normalized spacial score (nSPS) is 9.78. The monoisotopic (exact) mass is 255 g/mol. The molecule has 18 heavy (non-hydrogen) atoms. The van der Waals surface area contributed by atoms with Crippen LogP contribution in [0.3, 0.4) is 0 Å². The largest absolute Gasteiger partial charge is 0.476 e. The smallest absolute Gasteiger partial charge is 0.356 e. The highest BCUT2D eigenvalue weighted by Gasteiger charge is 2.06. The van der Waals surface area contributed by atoms with E-state index in [1.54, 1.807) is 0 Å². The summed E-state index contributed by atoms with van der Waals surface area (Å²) in [5.74, 6) is -1.74. The molecule has 0 atom stereocenters. The molecule has 9 heteroatoms. The fourth-order valence-corrected chi connectivity index (χ4v) is 1.12.